The van der Waals surface area contributed by atoms with Crippen LogP contribution in [0.5, 0.6) is 0 Å². The van der Waals surface area contributed by atoms with E-state index in [1.165, 1.54) is 11.8 Å². The Balaban J connectivity index is 1.42. The second-order valence-electron chi connectivity index (χ2n) is 8.36. The van der Waals surface area contributed by atoms with Gasteiger partial charge in [0.05, 0.1) is 10.4 Å². The van der Waals surface area contributed by atoms with Crippen molar-refractivity contribution in [3.05, 3.63) is 89.1 Å². The van der Waals surface area contributed by atoms with Crippen LogP contribution in [0.1, 0.15) is 0 Å². The predicted molar refractivity (Wildman–Crippen MR) is 133 cm³/mol. The molecule has 33 heavy (non-hydrogen) atoms. The minimum absolute atomic E-state index is 0.0811. The van der Waals surface area contributed by atoms with Crippen LogP contribution in [0.15, 0.2) is 79.0 Å². The van der Waals surface area contributed by atoms with Gasteiger partial charge in [0.1, 0.15) is 0 Å². The van der Waals surface area contributed by atoms with E-state index in [4.69, 9.17) is 0 Å². The number of pyridine rings is 1. The maximum atomic E-state index is 11.2. The maximum Gasteiger partial charge on any atom is 0.270 e. The van der Waals surface area contributed by atoms with E-state index in [0.717, 1.165) is 59.6 Å². The molecule has 0 atom stereocenters. The summed E-state index contributed by atoms with van der Waals surface area (Å²) < 4.78 is 0. The molecular weight excluding hydrogens is 414 g/mol. The third kappa shape index (κ3) is 4.49. The number of nitrogens with one attached hydrogen (secondary N) is 1. The lowest BCUT2D eigenvalue weighted by atomic mass is 10.0. The van der Waals surface area contributed by atoms with E-state index in [9.17, 15) is 10.1 Å². The Labute approximate surface area is 192 Å². The van der Waals surface area contributed by atoms with Gasteiger partial charge in [-0.25, -0.2) is 0 Å². The first-order valence-corrected chi connectivity index (χ1v) is 11.0. The zero-order valence-corrected chi connectivity index (χ0v) is 18.4. The molecule has 166 valence electrons. The molecule has 0 bridgehead atoms. The van der Waals surface area contributed by atoms with Crippen LogP contribution in [0.3, 0.4) is 0 Å². The Morgan fingerprint density at radius 3 is 2.42 bits per heavy atom. The van der Waals surface area contributed by atoms with E-state index >= 15 is 0 Å². The molecule has 0 aliphatic carbocycles. The Bertz CT molecular complexity index is 1300. The quantitative estimate of drug-likeness (QED) is 0.336. The van der Waals surface area contributed by atoms with Crippen molar-refractivity contribution < 1.29 is 4.92 Å². The van der Waals surface area contributed by atoms with Gasteiger partial charge >= 0.3 is 0 Å². The van der Waals surface area contributed by atoms with Gasteiger partial charge in [-0.05, 0) is 60.6 Å². The number of anilines is 3. The van der Waals surface area contributed by atoms with Gasteiger partial charge in [0.15, 0.2) is 0 Å². The SMILES string of the molecule is CN1CCN(c2ccc(Nc3ccnc4ccc(-c5cccc([N+](=O)[O-])c5)cc34)cc2)CC1. The average molecular weight is 440 g/mol. The van der Waals surface area contributed by atoms with E-state index in [2.05, 4.69) is 51.4 Å². The lowest BCUT2D eigenvalue weighted by molar-refractivity contribution is -0.384. The fourth-order valence-corrected chi connectivity index (χ4v) is 4.21. The summed E-state index contributed by atoms with van der Waals surface area (Å²) in [5, 5.41) is 15.7. The monoisotopic (exact) mass is 439 g/mol. The first-order valence-electron chi connectivity index (χ1n) is 11.0. The number of benzene rings is 3. The molecule has 1 aromatic heterocycles. The Morgan fingerprint density at radius 2 is 1.67 bits per heavy atom. The van der Waals surface area contributed by atoms with Crippen molar-refractivity contribution in [2.45, 2.75) is 0 Å². The standard InChI is InChI=1S/C26H25N5O2/c1-29-13-15-30(16-14-29)22-8-6-21(7-9-22)28-26-11-12-27-25-10-5-20(18-24(25)26)19-3-2-4-23(17-19)31(32)33/h2-12,17-18H,13-16H2,1H3,(H,27,28). The zero-order chi connectivity index (χ0) is 22.8. The van der Waals surface area contributed by atoms with Crippen LogP contribution in [0, 0.1) is 10.1 Å². The number of likely N-dealkylation sites (N-methyl/N-ethyl adjacent to an activating group) is 1. The van der Waals surface area contributed by atoms with Gasteiger partial charge < -0.3 is 15.1 Å². The third-order valence-electron chi connectivity index (χ3n) is 6.15. The summed E-state index contributed by atoms with van der Waals surface area (Å²) in [5.74, 6) is 0. The molecule has 1 saturated heterocycles. The van der Waals surface area contributed by atoms with Crippen molar-refractivity contribution in [1.29, 1.82) is 0 Å². The minimum Gasteiger partial charge on any atom is -0.369 e. The van der Waals surface area contributed by atoms with Crippen LogP contribution >= 0.6 is 0 Å². The molecule has 1 fully saturated rings. The van der Waals surface area contributed by atoms with Gasteiger partial charge in [0.25, 0.3) is 5.69 Å². The number of non-ortho nitro benzene ring substituents is 1. The van der Waals surface area contributed by atoms with E-state index < -0.39 is 0 Å². The number of aromatic nitrogens is 1. The van der Waals surface area contributed by atoms with Gasteiger partial charge in [0.2, 0.25) is 0 Å². The second kappa shape index (κ2) is 8.88. The highest BCUT2D eigenvalue weighted by Crippen LogP contribution is 2.31. The van der Waals surface area contributed by atoms with E-state index in [-0.39, 0.29) is 10.6 Å². The lowest BCUT2D eigenvalue weighted by Crippen LogP contribution is -2.44. The summed E-state index contributed by atoms with van der Waals surface area (Å²) in [6, 6.07) is 23.1. The van der Waals surface area contributed by atoms with E-state index in [1.54, 1.807) is 18.3 Å². The Kier molecular flexibility index (Phi) is 5.62. The lowest BCUT2D eigenvalue weighted by Gasteiger charge is -2.34. The van der Waals surface area contributed by atoms with Gasteiger partial charge in [-0.3, -0.25) is 15.1 Å². The molecule has 0 saturated carbocycles. The summed E-state index contributed by atoms with van der Waals surface area (Å²) >= 11 is 0. The molecule has 0 amide bonds. The number of nitro groups is 1. The van der Waals surface area contributed by atoms with Crippen LogP contribution in [-0.4, -0.2) is 48.0 Å². The van der Waals surface area contributed by atoms with E-state index in [1.807, 2.05) is 30.3 Å². The van der Waals surface area contributed by atoms with E-state index in [0.29, 0.717) is 0 Å². The summed E-state index contributed by atoms with van der Waals surface area (Å²) in [5.41, 5.74) is 5.84. The largest absolute Gasteiger partial charge is 0.369 e. The number of hydrogen-bond donors (Lipinski definition) is 1. The molecule has 0 radical (unpaired) electrons. The molecule has 0 spiro atoms. The molecule has 4 aromatic rings. The number of nitro benzene ring substituents is 1. The second-order valence-corrected chi connectivity index (χ2v) is 8.36. The fourth-order valence-electron chi connectivity index (χ4n) is 4.21. The molecule has 0 unspecified atom stereocenters. The molecule has 5 rings (SSSR count). The Morgan fingerprint density at radius 1 is 0.909 bits per heavy atom. The van der Waals surface area contributed by atoms with Crippen molar-refractivity contribution in [3.63, 3.8) is 0 Å². The van der Waals surface area contributed by atoms with Crippen LogP contribution in [0.25, 0.3) is 22.0 Å². The molecule has 7 nitrogen and oxygen atoms in total. The zero-order valence-electron chi connectivity index (χ0n) is 18.4. The van der Waals surface area contributed by atoms with Gasteiger partial charge in [-0.15, -0.1) is 0 Å². The number of rotatable bonds is 5. The number of fused-ring (bicyclic) bond motifs is 1. The average Bonchev–Trinajstić information content (AvgIpc) is 2.85. The van der Waals surface area contributed by atoms with Crippen LogP contribution in [-0.2, 0) is 0 Å². The highest BCUT2D eigenvalue weighted by atomic mass is 16.6. The first kappa shape index (κ1) is 20.9. The summed E-state index contributed by atoms with van der Waals surface area (Å²) in [7, 11) is 2.16. The smallest absolute Gasteiger partial charge is 0.270 e. The normalized spacial score (nSPS) is 14.4. The third-order valence-corrected chi connectivity index (χ3v) is 6.15. The first-order chi connectivity index (χ1) is 16.1. The minimum atomic E-state index is -0.370. The highest BCUT2D eigenvalue weighted by Gasteiger charge is 2.14. The molecule has 3 aromatic carbocycles. The highest BCUT2D eigenvalue weighted by molar-refractivity contribution is 5.95. The molecule has 7 heteroatoms. The van der Waals surface area contributed by atoms with Crippen molar-refractivity contribution in [3.8, 4) is 11.1 Å². The predicted octanol–water partition coefficient (Wildman–Crippen LogP) is 5.31. The molecule has 1 N–H and O–H groups in total. The molecule has 1 aliphatic rings. The van der Waals surface area contributed by atoms with Gasteiger partial charge in [-0.2, -0.15) is 0 Å². The number of piperazine rings is 1. The summed E-state index contributed by atoms with van der Waals surface area (Å²) in [6.07, 6.45) is 1.79. The summed E-state index contributed by atoms with van der Waals surface area (Å²) in [6.45, 7) is 4.24. The van der Waals surface area contributed by atoms with Crippen LogP contribution in [0.2, 0.25) is 0 Å². The van der Waals surface area contributed by atoms with Crippen LogP contribution < -0.4 is 10.2 Å². The van der Waals surface area contributed by atoms with Crippen molar-refractivity contribution in [2.24, 2.45) is 0 Å². The van der Waals surface area contributed by atoms with Crippen LogP contribution in [0.4, 0.5) is 22.7 Å². The van der Waals surface area contributed by atoms with Gasteiger partial charge in [-0.1, -0.05) is 18.2 Å². The van der Waals surface area contributed by atoms with Gasteiger partial charge in [0, 0.05) is 67.0 Å². The number of hydrogen-bond acceptors (Lipinski definition) is 6. The number of nitrogens with zero attached hydrogens (tertiary/aromatic N) is 4. The molecular formula is C26H25N5O2. The maximum absolute atomic E-state index is 11.2. The Hall–Kier alpha value is -3.97. The van der Waals surface area contributed by atoms with Crippen molar-refractivity contribution in [1.82, 2.24) is 9.88 Å². The van der Waals surface area contributed by atoms with Crippen molar-refractivity contribution in [2.75, 3.05) is 43.4 Å². The summed E-state index contributed by atoms with van der Waals surface area (Å²) in [4.78, 5) is 20.1. The van der Waals surface area contributed by atoms with Crippen molar-refractivity contribution >= 4 is 33.7 Å². The fraction of sp³-hybridized carbons (Fsp3) is 0.192. The topological polar surface area (TPSA) is 74.5 Å². The molecule has 2 heterocycles. The molecule has 1 aliphatic heterocycles.